The van der Waals surface area contributed by atoms with Gasteiger partial charge in [-0.3, -0.25) is 4.79 Å². The predicted molar refractivity (Wildman–Crippen MR) is 104 cm³/mol. The van der Waals surface area contributed by atoms with Gasteiger partial charge < -0.3 is 16.0 Å². The zero-order valence-corrected chi connectivity index (χ0v) is 16.8. The zero-order chi connectivity index (χ0) is 22.4. The van der Waals surface area contributed by atoms with E-state index in [9.17, 15) is 26.7 Å². The monoisotopic (exact) mass is 434 g/mol. The van der Waals surface area contributed by atoms with Crippen LogP contribution in [0.2, 0.25) is 0 Å². The van der Waals surface area contributed by atoms with E-state index in [2.05, 4.69) is 15.3 Å². The van der Waals surface area contributed by atoms with Crippen molar-refractivity contribution in [1.82, 2.24) is 15.3 Å². The van der Waals surface area contributed by atoms with E-state index in [1.165, 1.54) is 0 Å². The zero-order valence-electron chi connectivity index (χ0n) is 16.8. The highest BCUT2D eigenvalue weighted by Crippen LogP contribution is 2.32. The van der Waals surface area contributed by atoms with Crippen molar-refractivity contribution < 1.29 is 26.7 Å². The lowest BCUT2D eigenvalue weighted by molar-refractivity contribution is -0.144. The molecule has 1 amide bonds. The van der Waals surface area contributed by atoms with Crippen LogP contribution in [0.3, 0.4) is 0 Å². The molecule has 1 fully saturated rings. The van der Waals surface area contributed by atoms with Crippen molar-refractivity contribution in [1.29, 1.82) is 0 Å². The number of nitrogens with one attached hydrogen (secondary N) is 2. The largest absolute Gasteiger partial charge is 0.389 e. The Morgan fingerprint density at radius 3 is 2.47 bits per heavy atom. The van der Waals surface area contributed by atoms with Crippen molar-refractivity contribution in [3.8, 4) is 0 Å². The van der Waals surface area contributed by atoms with Crippen LogP contribution in [0.25, 0.3) is 11.0 Å². The Kier molecular flexibility index (Phi) is 8.17. The van der Waals surface area contributed by atoms with Gasteiger partial charge in [0.2, 0.25) is 11.8 Å². The van der Waals surface area contributed by atoms with Gasteiger partial charge in [0, 0.05) is 19.3 Å². The van der Waals surface area contributed by atoms with Crippen LogP contribution >= 0.6 is 0 Å². The molecule has 1 saturated carbocycles. The molecular weight excluding hydrogens is 407 g/mol. The van der Waals surface area contributed by atoms with Crippen LogP contribution in [0.5, 0.6) is 0 Å². The van der Waals surface area contributed by atoms with E-state index < -0.39 is 36.9 Å². The van der Waals surface area contributed by atoms with E-state index in [1.807, 2.05) is 0 Å². The number of aromatic nitrogens is 2. The summed E-state index contributed by atoms with van der Waals surface area (Å²) < 4.78 is 60.7. The van der Waals surface area contributed by atoms with E-state index in [1.54, 1.807) is 25.1 Å². The van der Waals surface area contributed by atoms with Crippen LogP contribution in [-0.2, 0) is 11.3 Å². The Morgan fingerprint density at radius 2 is 1.93 bits per heavy atom. The highest BCUT2D eigenvalue weighted by Gasteiger charge is 2.30. The second-order valence-corrected chi connectivity index (χ2v) is 7.49. The number of hydrogen-bond acceptors (Lipinski definition) is 3. The first-order valence-electron chi connectivity index (χ1n) is 9.91. The quantitative estimate of drug-likeness (QED) is 0.571. The molecule has 2 aromatic rings. The molecule has 168 valence electrons. The lowest BCUT2D eigenvalue weighted by atomic mass is 9.97. The van der Waals surface area contributed by atoms with Gasteiger partial charge in [0.05, 0.1) is 30.0 Å². The molecule has 0 spiro atoms. The van der Waals surface area contributed by atoms with E-state index in [0.717, 1.165) is 23.0 Å². The third kappa shape index (κ3) is 7.89. The molecule has 5 nitrogen and oxygen atoms in total. The summed E-state index contributed by atoms with van der Waals surface area (Å²) in [5, 5.41) is 2.56. The van der Waals surface area contributed by atoms with Crippen molar-refractivity contribution in [2.45, 2.75) is 76.6 Å². The second kappa shape index (κ2) is 10.2. The van der Waals surface area contributed by atoms with Gasteiger partial charge in [-0.2, -0.15) is 13.2 Å². The van der Waals surface area contributed by atoms with Gasteiger partial charge in [-0.25, -0.2) is 13.8 Å². The SMILES string of the molecule is CC(NC(=O)CCC(F)(F)F)c1ccc2nc(CN)[nH]c2c1.FC1(F)CCCCC1. The number of carbonyl (C=O) groups excluding carboxylic acids is 1. The average Bonchev–Trinajstić information content (AvgIpc) is 3.08. The molecular formula is C20H27F5N4O. The van der Waals surface area contributed by atoms with Crippen molar-refractivity contribution >= 4 is 16.9 Å². The Bertz CT molecular complexity index is 826. The fraction of sp³-hybridized carbons (Fsp3) is 0.600. The van der Waals surface area contributed by atoms with Gasteiger partial charge >= 0.3 is 6.18 Å². The first-order chi connectivity index (χ1) is 14.0. The summed E-state index contributed by atoms with van der Waals surface area (Å²) in [6, 6.07) is 4.96. The highest BCUT2D eigenvalue weighted by molar-refractivity contribution is 5.78. The Hall–Kier alpha value is -2.23. The van der Waals surface area contributed by atoms with Crippen molar-refractivity contribution in [2.24, 2.45) is 5.73 Å². The number of carbonyl (C=O) groups is 1. The van der Waals surface area contributed by atoms with E-state index in [-0.39, 0.29) is 19.4 Å². The fourth-order valence-electron chi connectivity index (χ4n) is 3.17. The van der Waals surface area contributed by atoms with Gasteiger partial charge in [-0.1, -0.05) is 12.5 Å². The molecule has 1 unspecified atom stereocenters. The number of rotatable bonds is 5. The molecule has 10 heteroatoms. The number of H-pyrrole nitrogens is 1. The summed E-state index contributed by atoms with van der Waals surface area (Å²) in [5.74, 6) is -2.30. The summed E-state index contributed by atoms with van der Waals surface area (Å²) in [4.78, 5) is 18.8. The Balaban J connectivity index is 0.000000335. The maximum absolute atomic E-state index is 12.2. The lowest BCUT2D eigenvalue weighted by Gasteiger charge is -2.20. The van der Waals surface area contributed by atoms with Crippen LogP contribution in [-0.4, -0.2) is 28.0 Å². The van der Waals surface area contributed by atoms with Gasteiger partial charge in [0.25, 0.3) is 0 Å². The number of imidazole rings is 1. The molecule has 0 saturated heterocycles. The molecule has 4 N–H and O–H groups in total. The summed E-state index contributed by atoms with van der Waals surface area (Å²) in [6.07, 6.45) is -3.36. The summed E-state index contributed by atoms with van der Waals surface area (Å²) in [6.45, 7) is 2.00. The van der Waals surface area contributed by atoms with Crippen LogP contribution < -0.4 is 11.1 Å². The molecule has 1 aromatic heterocycles. The minimum Gasteiger partial charge on any atom is -0.350 e. The van der Waals surface area contributed by atoms with Gasteiger partial charge in [0.1, 0.15) is 5.82 Å². The molecule has 0 bridgehead atoms. The number of fused-ring (bicyclic) bond motifs is 1. The number of nitrogens with two attached hydrogens (primary N) is 1. The number of hydrogen-bond donors (Lipinski definition) is 3. The predicted octanol–water partition coefficient (Wildman–Crippen LogP) is 5.13. The van der Waals surface area contributed by atoms with Crippen LogP contribution in [0.15, 0.2) is 18.2 Å². The number of amides is 1. The molecule has 1 aliphatic carbocycles. The second-order valence-electron chi connectivity index (χ2n) is 7.49. The van der Waals surface area contributed by atoms with Gasteiger partial charge in [-0.05, 0) is 37.5 Å². The number of nitrogens with zero attached hydrogens (tertiary/aromatic N) is 1. The number of aromatic amines is 1. The van der Waals surface area contributed by atoms with E-state index in [0.29, 0.717) is 18.7 Å². The first kappa shape index (κ1) is 24.0. The molecule has 0 aliphatic heterocycles. The number of benzene rings is 1. The van der Waals surface area contributed by atoms with E-state index >= 15 is 0 Å². The third-order valence-corrected chi connectivity index (χ3v) is 4.85. The molecule has 0 radical (unpaired) electrons. The Labute approximate surface area is 171 Å². The lowest BCUT2D eigenvalue weighted by Crippen LogP contribution is -2.27. The van der Waals surface area contributed by atoms with Crippen molar-refractivity contribution in [3.05, 3.63) is 29.6 Å². The van der Waals surface area contributed by atoms with Crippen molar-refractivity contribution in [3.63, 3.8) is 0 Å². The normalized spacial score (nSPS) is 17.2. The minimum atomic E-state index is -4.33. The smallest absolute Gasteiger partial charge is 0.350 e. The third-order valence-electron chi connectivity index (χ3n) is 4.85. The molecule has 3 rings (SSSR count). The van der Waals surface area contributed by atoms with Crippen LogP contribution in [0, 0.1) is 0 Å². The summed E-state index contributed by atoms with van der Waals surface area (Å²) in [7, 11) is 0. The molecule has 1 aromatic carbocycles. The highest BCUT2D eigenvalue weighted by atomic mass is 19.4. The van der Waals surface area contributed by atoms with Gasteiger partial charge in [0.15, 0.2) is 0 Å². The topological polar surface area (TPSA) is 83.8 Å². The Morgan fingerprint density at radius 1 is 1.27 bits per heavy atom. The first-order valence-corrected chi connectivity index (χ1v) is 9.91. The summed E-state index contributed by atoms with van der Waals surface area (Å²) >= 11 is 0. The van der Waals surface area contributed by atoms with Crippen LogP contribution in [0.4, 0.5) is 22.0 Å². The average molecular weight is 434 g/mol. The van der Waals surface area contributed by atoms with Crippen LogP contribution in [0.1, 0.15) is 69.3 Å². The molecule has 1 aliphatic rings. The fourth-order valence-corrected chi connectivity index (χ4v) is 3.17. The number of alkyl halides is 5. The molecule has 1 heterocycles. The molecule has 1 atom stereocenters. The minimum absolute atomic E-state index is 0.118. The molecule has 30 heavy (non-hydrogen) atoms. The standard InChI is InChI=1S/C14H17F3N4O.C6H10F2/c1-8(19-13(22)4-5-14(15,16)17)9-2-3-10-11(6-9)21-12(7-18)20-10;7-6(8)4-2-1-3-5-6/h2-3,6,8H,4-5,7,18H2,1H3,(H,19,22)(H,20,21);1-5H2. The number of halogens is 5. The van der Waals surface area contributed by atoms with Crippen molar-refractivity contribution in [2.75, 3.05) is 0 Å². The summed E-state index contributed by atoms with van der Waals surface area (Å²) in [5.41, 5.74) is 7.80. The maximum atomic E-state index is 12.2. The maximum Gasteiger partial charge on any atom is 0.389 e. The van der Waals surface area contributed by atoms with Gasteiger partial charge in [-0.15, -0.1) is 0 Å². The van der Waals surface area contributed by atoms with E-state index in [4.69, 9.17) is 5.73 Å².